The van der Waals surface area contributed by atoms with Gasteiger partial charge in [0.25, 0.3) is 0 Å². The van der Waals surface area contributed by atoms with Gasteiger partial charge in [-0.25, -0.2) is 9.97 Å². The Balaban J connectivity index is 1.94. The highest BCUT2D eigenvalue weighted by Crippen LogP contribution is 2.30. The van der Waals surface area contributed by atoms with E-state index in [-0.39, 0.29) is 0 Å². The summed E-state index contributed by atoms with van der Waals surface area (Å²) in [5, 5.41) is 3.11. The Morgan fingerprint density at radius 2 is 1.84 bits per heavy atom. The third-order valence-corrected chi connectivity index (χ3v) is 4.33. The molecule has 0 aliphatic heterocycles. The summed E-state index contributed by atoms with van der Waals surface area (Å²) in [6, 6.07) is 0.609. The molecule has 0 spiro atoms. The van der Waals surface area contributed by atoms with Gasteiger partial charge in [0.2, 0.25) is 5.95 Å². The van der Waals surface area contributed by atoms with E-state index in [0.717, 1.165) is 24.0 Å². The second kappa shape index (κ2) is 6.85. The van der Waals surface area contributed by atoms with E-state index in [0.29, 0.717) is 6.04 Å². The summed E-state index contributed by atoms with van der Waals surface area (Å²) in [5.41, 5.74) is 1.13. The number of nitrogens with zero attached hydrogens (tertiary/aromatic N) is 3. The number of rotatable bonds is 5. The fourth-order valence-electron chi connectivity index (χ4n) is 2.93. The highest BCUT2D eigenvalue weighted by Gasteiger charge is 2.24. The standard InChI is InChI=1S/C15H26N4/c1-4-12-5-7-14(8-6-12)19(3)15-17-10-13(9-16-2)11-18-15/h10-12,14,16H,4-9H2,1-3H3. The first kappa shape index (κ1) is 14.3. The molecule has 4 nitrogen and oxygen atoms in total. The van der Waals surface area contributed by atoms with Crippen LogP contribution in [-0.2, 0) is 6.54 Å². The van der Waals surface area contributed by atoms with Gasteiger partial charge in [0.1, 0.15) is 0 Å². The average Bonchev–Trinajstić information content (AvgIpc) is 2.48. The molecular weight excluding hydrogens is 236 g/mol. The van der Waals surface area contributed by atoms with Crippen molar-refractivity contribution in [3.8, 4) is 0 Å². The lowest BCUT2D eigenvalue weighted by atomic mass is 9.84. The van der Waals surface area contributed by atoms with E-state index in [1.807, 2.05) is 19.4 Å². The van der Waals surface area contributed by atoms with Crippen LogP contribution in [0.25, 0.3) is 0 Å². The van der Waals surface area contributed by atoms with Gasteiger partial charge < -0.3 is 10.2 Å². The summed E-state index contributed by atoms with van der Waals surface area (Å²) in [7, 11) is 4.07. The Kier molecular flexibility index (Phi) is 5.14. The van der Waals surface area contributed by atoms with E-state index in [9.17, 15) is 0 Å². The molecule has 4 heteroatoms. The molecular formula is C15H26N4. The summed E-state index contributed by atoms with van der Waals surface area (Å²) >= 11 is 0. The Morgan fingerprint density at radius 3 is 2.37 bits per heavy atom. The molecule has 0 saturated heterocycles. The van der Waals surface area contributed by atoms with Crippen LogP contribution in [-0.4, -0.2) is 30.1 Å². The summed E-state index contributed by atoms with van der Waals surface area (Å²) in [5.74, 6) is 1.79. The van der Waals surface area contributed by atoms with Crippen LogP contribution < -0.4 is 10.2 Å². The van der Waals surface area contributed by atoms with Gasteiger partial charge in [-0.1, -0.05) is 13.3 Å². The van der Waals surface area contributed by atoms with Gasteiger partial charge in [0.05, 0.1) is 0 Å². The molecule has 1 aliphatic rings. The maximum Gasteiger partial charge on any atom is 0.225 e. The van der Waals surface area contributed by atoms with Crippen molar-refractivity contribution in [3.05, 3.63) is 18.0 Å². The first-order valence-electron chi connectivity index (χ1n) is 7.43. The number of hydrogen-bond acceptors (Lipinski definition) is 4. The van der Waals surface area contributed by atoms with Crippen molar-refractivity contribution in [2.24, 2.45) is 5.92 Å². The van der Waals surface area contributed by atoms with Crippen molar-refractivity contribution in [3.63, 3.8) is 0 Å². The molecule has 1 fully saturated rings. The highest BCUT2D eigenvalue weighted by molar-refractivity contribution is 5.30. The van der Waals surface area contributed by atoms with Crippen molar-refractivity contribution in [1.29, 1.82) is 0 Å². The van der Waals surface area contributed by atoms with Gasteiger partial charge in [0.15, 0.2) is 0 Å². The monoisotopic (exact) mass is 262 g/mol. The van der Waals surface area contributed by atoms with Gasteiger partial charge in [0, 0.05) is 37.6 Å². The maximum atomic E-state index is 4.49. The van der Waals surface area contributed by atoms with Crippen LogP contribution in [0.15, 0.2) is 12.4 Å². The average molecular weight is 262 g/mol. The van der Waals surface area contributed by atoms with Gasteiger partial charge in [-0.15, -0.1) is 0 Å². The third kappa shape index (κ3) is 3.66. The molecule has 106 valence electrons. The van der Waals surface area contributed by atoms with Gasteiger partial charge in [-0.05, 0) is 38.6 Å². The third-order valence-electron chi connectivity index (χ3n) is 4.33. The van der Waals surface area contributed by atoms with Crippen molar-refractivity contribution in [2.45, 2.75) is 51.6 Å². The predicted octanol–water partition coefficient (Wildman–Crippen LogP) is 2.60. The fraction of sp³-hybridized carbons (Fsp3) is 0.733. The van der Waals surface area contributed by atoms with Crippen LogP contribution in [0.3, 0.4) is 0 Å². The number of hydrogen-bond donors (Lipinski definition) is 1. The molecule has 0 radical (unpaired) electrons. The summed E-state index contributed by atoms with van der Waals surface area (Å²) < 4.78 is 0. The van der Waals surface area contributed by atoms with Crippen molar-refractivity contribution in [1.82, 2.24) is 15.3 Å². The molecule has 1 heterocycles. The molecule has 0 atom stereocenters. The van der Waals surface area contributed by atoms with Crippen LogP contribution in [0.5, 0.6) is 0 Å². The van der Waals surface area contributed by atoms with E-state index < -0.39 is 0 Å². The lowest BCUT2D eigenvalue weighted by Gasteiger charge is -2.34. The molecule has 1 saturated carbocycles. The summed E-state index contributed by atoms with van der Waals surface area (Å²) in [6.45, 7) is 3.13. The van der Waals surface area contributed by atoms with E-state index in [2.05, 4.69) is 34.2 Å². The van der Waals surface area contributed by atoms with Crippen LogP contribution in [0.2, 0.25) is 0 Å². The van der Waals surface area contributed by atoms with Crippen LogP contribution >= 0.6 is 0 Å². The highest BCUT2D eigenvalue weighted by atomic mass is 15.2. The molecule has 0 bridgehead atoms. The summed E-state index contributed by atoms with van der Waals surface area (Å²) in [4.78, 5) is 11.2. The lowest BCUT2D eigenvalue weighted by molar-refractivity contribution is 0.312. The van der Waals surface area contributed by atoms with E-state index in [1.54, 1.807) is 0 Å². The molecule has 0 amide bonds. The minimum Gasteiger partial charge on any atom is -0.341 e. The van der Waals surface area contributed by atoms with Crippen LogP contribution in [0, 0.1) is 5.92 Å². The smallest absolute Gasteiger partial charge is 0.225 e. The summed E-state index contributed by atoms with van der Waals surface area (Å²) in [6.07, 6.45) is 10.4. The topological polar surface area (TPSA) is 41.1 Å². The molecule has 19 heavy (non-hydrogen) atoms. The Labute approximate surface area is 116 Å². The first-order valence-corrected chi connectivity index (χ1v) is 7.43. The normalized spacial score (nSPS) is 23.3. The largest absolute Gasteiger partial charge is 0.341 e. The van der Waals surface area contributed by atoms with Gasteiger partial charge >= 0.3 is 0 Å². The minimum atomic E-state index is 0.609. The van der Waals surface area contributed by atoms with Crippen LogP contribution in [0.1, 0.15) is 44.6 Å². The van der Waals surface area contributed by atoms with E-state index in [1.165, 1.54) is 32.1 Å². The number of aromatic nitrogens is 2. The Bertz CT molecular complexity index is 368. The van der Waals surface area contributed by atoms with Crippen molar-refractivity contribution >= 4 is 5.95 Å². The molecule has 1 aromatic rings. The molecule has 0 unspecified atom stereocenters. The number of nitrogens with one attached hydrogen (secondary N) is 1. The van der Waals surface area contributed by atoms with Gasteiger partial charge in [-0.3, -0.25) is 0 Å². The first-order chi connectivity index (χ1) is 9.24. The van der Waals surface area contributed by atoms with Gasteiger partial charge in [-0.2, -0.15) is 0 Å². The SMILES string of the molecule is CCC1CCC(N(C)c2ncc(CNC)cn2)CC1. The van der Waals surface area contributed by atoms with Crippen molar-refractivity contribution < 1.29 is 0 Å². The molecule has 0 aromatic carbocycles. The zero-order valence-corrected chi connectivity index (χ0v) is 12.4. The molecule has 1 N–H and O–H groups in total. The minimum absolute atomic E-state index is 0.609. The Hall–Kier alpha value is -1.16. The predicted molar refractivity (Wildman–Crippen MR) is 79.2 cm³/mol. The molecule has 1 aromatic heterocycles. The van der Waals surface area contributed by atoms with E-state index >= 15 is 0 Å². The second-order valence-corrected chi connectivity index (χ2v) is 5.62. The zero-order chi connectivity index (χ0) is 13.7. The molecule has 1 aliphatic carbocycles. The molecule has 2 rings (SSSR count). The number of anilines is 1. The quantitative estimate of drug-likeness (QED) is 0.885. The van der Waals surface area contributed by atoms with E-state index in [4.69, 9.17) is 0 Å². The van der Waals surface area contributed by atoms with Crippen LogP contribution in [0.4, 0.5) is 5.95 Å². The fourth-order valence-corrected chi connectivity index (χ4v) is 2.93. The lowest BCUT2D eigenvalue weighted by Crippen LogP contribution is -2.36. The Morgan fingerprint density at radius 1 is 1.21 bits per heavy atom. The zero-order valence-electron chi connectivity index (χ0n) is 12.4. The maximum absolute atomic E-state index is 4.49. The second-order valence-electron chi connectivity index (χ2n) is 5.62. The van der Waals surface area contributed by atoms with Crippen molar-refractivity contribution in [2.75, 3.05) is 19.0 Å².